The Morgan fingerprint density at radius 3 is 2.89 bits per heavy atom. The third-order valence-electron chi connectivity index (χ3n) is 3.50. The molecule has 0 saturated heterocycles. The van der Waals surface area contributed by atoms with E-state index in [1.54, 1.807) is 7.11 Å². The van der Waals surface area contributed by atoms with E-state index >= 15 is 0 Å². The SMILES string of the molecule is COC1(CNc2nccc(C(=O)O)c2N)CCC1. The van der Waals surface area contributed by atoms with Crippen molar-refractivity contribution in [1.29, 1.82) is 0 Å². The van der Waals surface area contributed by atoms with Crippen LogP contribution in [0, 0.1) is 0 Å². The first-order chi connectivity index (χ1) is 8.58. The van der Waals surface area contributed by atoms with Crippen molar-refractivity contribution >= 4 is 17.5 Å². The molecular weight excluding hydrogens is 234 g/mol. The van der Waals surface area contributed by atoms with Crippen LogP contribution in [-0.2, 0) is 4.74 Å². The number of rotatable bonds is 5. The summed E-state index contributed by atoms with van der Waals surface area (Å²) in [5, 5.41) is 12.0. The largest absolute Gasteiger partial charge is 0.478 e. The highest BCUT2D eigenvalue weighted by Gasteiger charge is 2.36. The fraction of sp³-hybridized carbons (Fsp3) is 0.500. The van der Waals surface area contributed by atoms with Gasteiger partial charge in [-0.3, -0.25) is 0 Å². The smallest absolute Gasteiger partial charge is 0.337 e. The number of anilines is 2. The second-order valence-corrected chi connectivity index (χ2v) is 4.52. The number of ether oxygens (including phenoxy) is 1. The van der Waals surface area contributed by atoms with Gasteiger partial charge in [0.1, 0.15) is 5.82 Å². The zero-order valence-corrected chi connectivity index (χ0v) is 10.3. The van der Waals surface area contributed by atoms with Gasteiger partial charge in [-0.2, -0.15) is 0 Å². The van der Waals surface area contributed by atoms with Crippen molar-refractivity contribution in [2.24, 2.45) is 0 Å². The molecule has 1 aromatic heterocycles. The summed E-state index contributed by atoms with van der Waals surface area (Å²) in [6.07, 6.45) is 4.57. The second-order valence-electron chi connectivity index (χ2n) is 4.52. The number of nitrogens with one attached hydrogen (secondary N) is 1. The molecule has 0 radical (unpaired) electrons. The predicted molar refractivity (Wildman–Crippen MR) is 67.7 cm³/mol. The highest BCUT2D eigenvalue weighted by Crippen LogP contribution is 2.35. The number of hydrogen-bond acceptors (Lipinski definition) is 5. The summed E-state index contributed by atoms with van der Waals surface area (Å²) in [5.74, 6) is -0.652. The van der Waals surface area contributed by atoms with Crippen LogP contribution in [0.3, 0.4) is 0 Å². The molecule has 1 saturated carbocycles. The molecule has 6 heteroatoms. The van der Waals surface area contributed by atoms with Crippen LogP contribution in [0.2, 0.25) is 0 Å². The van der Waals surface area contributed by atoms with Gasteiger partial charge < -0.3 is 20.9 Å². The zero-order chi connectivity index (χ0) is 13.2. The van der Waals surface area contributed by atoms with Crippen molar-refractivity contribution < 1.29 is 14.6 Å². The maximum absolute atomic E-state index is 10.9. The molecule has 18 heavy (non-hydrogen) atoms. The molecule has 1 aliphatic carbocycles. The van der Waals surface area contributed by atoms with Gasteiger partial charge in [0.15, 0.2) is 0 Å². The Hall–Kier alpha value is -1.82. The van der Waals surface area contributed by atoms with E-state index in [1.165, 1.54) is 12.3 Å². The van der Waals surface area contributed by atoms with E-state index in [1.807, 2.05) is 0 Å². The highest BCUT2D eigenvalue weighted by molar-refractivity contribution is 5.96. The summed E-state index contributed by atoms with van der Waals surface area (Å²) >= 11 is 0. The Bertz CT molecular complexity index is 452. The van der Waals surface area contributed by atoms with Crippen LogP contribution in [0.5, 0.6) is 0 Å². The average molecular weight is 251 g/mol. The van der Waals surface area contributed by atoms with Crippen molar-refractivity contribution in [3.8, 4) is 0 Å². The molecule has 1 aliphatic rings. The minimum Gasteiger partial charge on any atom is -0.478 e. The molecule has 0 bridgehead atoms. The average Bonchev–Trinajstić information content (AvgIpc) is 2.29. The summed E-state index contributed by atoms with van der Waals surface area (Å²) in [5.41, 5.74) is 5.83. The van der Waals surface area contributed by atoms with E-state index < -0.39 is 5.97 Å². The van der Waals surface area contributed by atoms with Gasteiger partial charge >= 0.3 is 5.97 Å². The number of methoxy groups -OCH3 is 1. The zero-order valence-electron chi connectivity index (χ0n) is 10.3. The summed E-state index contributed by atoms with van der Waals surface area (Å²) in [7, 11) is 1.69. The Morgan fingerprint density at radius 2 is 2.39 bits per heavy atom. The maximum Gasteiger partial charge on any atom is 0.337 e. The molecule has 0 atom stereocenters. The predicted octanol–water partition coefficient (Wildman–Crippen LogP) is 1.34. The van der Waals surface area contributed by atoms with Crippen LogP contribution in [0.1, 0.15) is 29.6 Å². The number of aromatic nitrogens is 1. The van der Waals surface area contributed by atoms with Crippen molar-refractivity contribution in [3.63, 3.8) is 0 Å². The van der Waals surface area contributed by atoms with E-state index in [0.29, 0.717) is 12.4 Å². The molecular formula is C12H17N3O3. The summed E-state index contributed by atoms with van der Waals surface area (Å²) < 4.78 is 5.47. The molecule has 0 aliphatic heterocycles. The van der Waals surface area contributed by atoms with Gasteiger partial charge in [0.25, 0.3) is 0 Å². The molecule has 6 nitrogen and oxygen atoms in total. The first kappa shape index (κ1) is 12.6. The molecule has 4 N–H and O–H groups in total. The number of pyridine rings is 1. The summed E-state index contributed by atoms with van der Waals surface area (Å²) in [6.45, 7) is 0.587. The number of nitrogens with two attached hydrogens (primary N) is 1. The number of hydrogen-bond donors (Lipinski definition) is 3. The van der Waals surface area contributed by atoms with E-state index in [0.717, 1.165) is 19.3 Å². The first-order valence-electron chi connectivity index (χ1n) is 5.85. The third-order valence-corrected chi connectivity index (χ3v) is 3.50. The second kappa shape index (κ2) is 4.81. The quantitative estimate of drug-likeness (QED) is 0.730. The van der Waals surface area contributed by atoms with Gasteiger partial charge in [-0.15, -0.1) is 0 Å². The molecule has 2 rings (SSSR count). The molecule has 0 unspecified atom stereocenters. The minimum atomic E-state index is -1.05. The van der Waals surface area contributed by atoms with Crippen molar-refractivity contribution in [1.82, 2.24) is 4.98 Å². The van der Waals surface area contributed by atoms with Crippen LogP contribution in [0.15, 0.2) is 12.3 Å². The van der Waals surface area contributed by atoms with Gasteiger partial charge in [0.2, 0.25) is 0 Å². The molecule has 1 fully saturated rings. The number of nitrogens with zero attached hydrogens (tertiary/aromatic N) is 1. The molecule has 0 aromatic carbocycles. The molecule has 0 spiro atoms. The van der Waals surface area contributed by atoms with E-state index in [9.17, 15) is 4.79 Å². The number of carboxylic acids is 1. The van der Waals surface area contributed by atoms with Gasteiger partial charge in [0.05, 0.1) is 16.9 Å². The normalized spacial score (nSPS) is 16.9. The molecule has 1 aromatic rings. The topological polar surface area (TPSA) is 97.5 Å². The lowest BCUT2D eigenvalue weighted by atomic mass is 9.80. The first-order valence-corrected chi connectivity index (χ1v) is 5.85. The van der Waals surface area contributed by atoms with Crippen LogP contribution in [0.25, 0.3) is 0 Å². The van der Waals surface area contributed by atoms with Crippen LogP contribution in [0.4, 0.5) is 11.5 Å². The van der Waals surface area contributed by atoms with Gasteiger partial charge in [-0.25, -0.2) is 9.78 Å². The Labute approximate surface area is 105 Å². The third kappa shape index (κ3) is 2.24. The number of aromatic carboxylic acids is 1. The van der Waals surface area contributed by atoms with Crippen molar-refractivity contribution in [3.05, 3.63) is 17.8 Å². The lowest BCUT2D eigenvalue weighted by Gasteiger charge is -2.40. The van der Waals surface area contributed by atoms with E-state index in [-0.39, 0.29) is 16.9 Å². The van der Waals surface area contributed by atoms with Crippen molar-refractivity contribution in [2.45, 2.75) is 24.9 Å². The summed E-state index contributed by atoms with van der Waals surface area (Å²) in [4.78, 5) is 15.0. The van der Waals surface area contributed by atoms with E-state index in [4.69, 9.17) is 15.6 Å². The number of nitrogen functional groups attached to an aromatic ring is 1. The summed E-state index contributed by atoms with van der Waals surface area (Å²) in [6, 6.07) is 1.39. The molecule has 0 amide bonds. The molecule has 98 valence electrons. The minimum absolute atomic E-state index is 0.0626. The van der Waals surface area contributed by atoms with Crippen LogP contribution >= 0.6 is 0 Å². The Kier molecular flexibility index (Phi) is 3.38. The van der Waals surface area contributed by atoms with E-state index in [2.05, 4.69) is 10.3 Å². The van der Waals surface area contributed by atoms with Crippen LogP contribution in [-0.4, -0.2) is 35.3 Å². The van der Waals surface area contributed by atoms with Gasteiger partial charge in [0, 0.05) is 19.9 Å². The Morgan fingerprint density at radius 1 is 1.67 bits per heavy atom. The van der Waals surface area contributed by atoms with Crippen LogP contribution < -0.4 is 11.1 Å². The Balaban J connectivity index is 2.10. The maximum atomic E-state index is 10.9. The number of carbonyl (C=O) groups is 1. The lowest BCUT2D eigenvalue weighted by Crippen LogP contribution is -2.45. The van der Waals surface area contributed by atoms with Gasteiger partial charge in [-0.1, -0.05) is 0 Å². The molecule has 1 heterocycles. The van der Waals surface area contributed by atoms with Gasteiger partial charge in [-0.05, 0) is 25.3 Å². The highest BCUT2D eigenvalue weighted by atomic mass is 16.5. The fourth-order valence-corrected chi connectivity index (χ4v) is 2.07. The lowest BCUT2D eigenvalue weighted by molar-refractivity contribution is -0.0601. The number of carboxylic acid groups (broad SMARTS) is 1. The monoisotopic (exact) mass is 251 g/mol. The fourth-order valence-electron chi connectivity index (χ4n) is 2.07. The standard InChI is InChI=1S/C12H17N3O3/c1-18-12(4-2-5-12)7-15-10-9(13)8(11(16)17)3-6-14-10/h3,6H,2,4-5,7,13H2,1H3,(H,14,15)(H,16,17). The van der Waals surface area contributed by atoms with Crippen molar-refractivity contribution in [2.75, 3.05) is 24.7 Å².